The first-order valence-corrected chi connectivity index (χ1v) is 6.50. The van der Waals surface area contributed by atoms with Crippen molar-refractivity contribution in [2.24, 2.45) is 0 Å². The van der Waals surface area contributed by atoms with E-state index in [9.17, 15) is 4.79 Å². The summed E-state index contributed by atoms with van der Waals surface area (Å²) in [7, 11) is 0. The van der Waals surface area contributed by atoms with Gasteiger partial charge < -0.3 is 15.2 Å². The molecule has 1 fully saturated rings. The minimum Gasteiger partial charge on any atom is -0.477 e. The number of hydrogen-bond donors (Lipinski definition) is 2. The third-order valence-electron chi connectivity index (χ3n) is 3.03. The molecule has 2 rings (SSSR count). The van der Waals surface area contributed by atoms with E-state index in [2.05, 4.69) is 15.2 Å². The van der Waals surface area contributed by atoms with Gasteiger partial charge in [0.05, 0.1) is 13.2 Å². The molecule has 2 N–H and O–H groups in total. The third kappa shape index (κ3) is 4.50. The van der Waals surface area contributed by atoms with Crippen molar-refractivity contribution in [3.63, 3.8) is 0 Å². The number of aromatic carboxylic acids is 1. The fraction of sp³-hybridized carbons (Fsp3) is 0.538. The number of carbonyl (C=O) groups is 1. The van der Waals surface area contributed by atoms with Crippen LogP contribution in [0.2, 0.25) is 0 Å². The molecule has 0 radical (unpaired) electrons. The average molecular weight is 265 g/mol. The zero-order valence-corrected chi connectivity index (χ0v) is 10.8. The highest BCUT2D eigenvalue weighted by atomic mass is 16.5. The highest BCUT2D eigenvalue weighted by molar-refractivity contribution is 5.85. The van der Waals surface area contributed by atoms with Gasteiger partial charge in [-0.1, -0.05) is 6.07 Å². The molecule has 1 aromatic rings. The van der Waals surface area contributed by atoms with Crippen molar-refractivity contribution in [1.29, 1.82) is 0 Å². The topological polar surface area (TPSA) is 74.7 Å². The van der Waals surface area contributed by atoms with Crippen molar-refractivity contribution in [2.45, 2.75) is 6.42 Å². The number of hydrogen-bond acceptors (Lipinski definition) is 5. The van der Waals surface area contributed by atoms with Crippen LogP contribution < -0.4 is 5.32 Å². The number of morpholine rings is 1. The Balaban J connectivity index is 1.70. The van der Waals surface area contributed by atoms with E-state index in [4.69, 9.17) is 9.84 Å². The minimum absolute atomic E-state index is 0.0678. The molecule has 19 heavy (non-hydrogen) atoms. The van der Waals surface area contributed by atoms with Crippen LogP contribution in [0.15, 0.2) is 18.2 Å². The van der Waals surface area contributed by atoms with E-state index in [0.29, 0.717) is 5.82 Å². The van der Waals surface area contributed by atoms with Gasteiger partial charge in [-0.3, -0.25) is 4.90 Å². The zero-order chi connectivity index (χ0) is 13.5. The van der Waals surface area contributed by atoms with Crippen molar-refractivity contribution in [2.75, 3.05) is 44.7 Å². The van der Waals surface area contributed by atoms with Crippen molar-refractivity contribution in [1.82, 2.24) is 9.88 Å². The van der Waals surface area contributed by atoms with Crippen molar-refractivity contribution >= 4 is 11.8 Å². The maximum absolute atomic E-state index is 10.8. The number of anilines is 1. The van der Waals surface area contributed by atoms with Crippen LogP contribution in [0.3, 0.4) is 0 Å². The number of aromatic nitrogens is 1. The van der Waals surface area contributed by atoms with E-state index in [0.717, 1.165) is 45.8 Å². The molecule has 0 spiro atoms. The molecule has 1 aliphatic heterocycles. The molecule has 1 saturated heterocycles. The highest BCUT2D eigenvalue weighted by Crippen LogP contribution is 2.05. The van der Waals surface area contributed by atoms with Gasteiger partial charge in [-0.15, -0.1) is 0 Å². The molecule has 104 valence electrons. The van der Waals surface area contributed by atoms with E-state index < -0.39 is 5.97 Å². The molecule has 0 aliphatic carbocycles. The predicted molar refractivity (Wildman–Crippen MR) is 71.6 cm³/mol. The molecular weight excluding hydrogens is 246 g/mol. The standard InChI is InChI=1S/C13H19N3O3/c17-13(18)11-3-1-4-12(15-11)14-5-2-6-16-7-9-19-10-8-16/h1,3-4H,2,5-10H2,(H,14,15)(H,17,18). The molecule has 0 bridgehead atoms. The van der Waals surface area contributed by atoms with Crippen LogP contribution >= 0.6 is 0 Å². The number of pyridine rings is 1. The molecule has 0 unspecified atom stereocenters. The largest absolute Gasteiger partial charge is 0.477 e. The van der Waals surface area contributed by atoms with Gasteiger partial charge in [-0.25, -0.2) is 9.78 Å². The molecule has 0 atom stereocenters. The molecule has 0 aromatic carbocycles. The summed E-state index contributed by atoms with van der Waals surface area (Å²) in [5.74, 6) is -0.390. The Kier molecular flexibility index (Phi) is 5.11. The Morgan fingerprint density at radius 1 is 1.42 bits per heavy atom. The number of carboxylic acid groups (broad SMARTS) is 1. The van der Waals surface area contributed by atoms with Crippen LogP contribution in [0.25, 0.3) is 0 Å². The molecule has 2 heterocycles. The number of nitrogens with one attached hydrogen (secondary N) is 1. The van der Waals surface area contributed by atoms with E-state index in [1.807, 2.05) is 0 Å². The van der Waals surface area contributed by atoms with Gasteiger partial charge >= 0.3 is 5.97 Å². The van der Waals surface area contributed by atoms with Crippen LogP contribution in [0.5, 0.6) is 0 Å². The summed E-state index contributed by atoms with van der Waals surface area (Å²) in [5, 5.41) is 12.0. The van der Waals surface area contributed by atoms with Gasteiger partial charge in [0.15, 0.2) is 5.69 Å². The molecule has 6 heteroatoms. The Labute approximate surface area is 112 Å². The lowest BCUT2D eigenvalue weighted by molar-refractivity contribution is 0.0378. The first-order chi connectivity index (χ1) is 9.25. The molecule has 6 nitrogen and oxygen atoms in total. The first kappa shape index (κ1) is 13.8. The first-order valence-electron chi connectivity index (χ1n) is 6.50. The third-order valence-corrected chi connectivity index (χ3v) is 3.03. The van der Waals surface area contributed by atoms with Crippen LogP contribution in [0, 0.1) is 0 Å². The second-order valence-electron chi connectivity index (χ2n) is 4.45. The lowest BCUT2D eigenvalue weighted by Crippen LogP contribution is -2.37. The smallest absolute Gasteiger partial charge is 0.354 e. The Hall–Kier alpha value is -1.66. The van der Waals surface area contributed by atoms with Gasteiger partial charge in [0.25, 0.3) is 0 Å². The van der Waals surface area contributed by atoms with Gasteiger partial charge in [-0.05, 0) is 25.1 Å². The molecule has 1 aliphatic rings. The monoisotopic (exact) mass is 265 g/mol. The van der Waals surface area contributed by atoms with Gasteiger partial charge in [0.2, 0.25) is 0 Å². The second-order valence-corrected chi connectivity index (χ2v) is 4.45. The summed E-state index contributed by atoms with van der Waals surface area (Å²) in [6.45, 7) is 5.42. The normalized spacial score (nSPS) is 16.2. The van der Waals surface area contributed by atoms with Gasteiger partial charge in [0.1, 0.15) is 5.82 Å². The fourth-order valence-corrected chi connectivity index (χ4v) is 2.00. The Morgan fingerprint density at radius 2 is 2.21 bits per heavy atom. The number of nitrogens with zero attached hydrogens (tertiary/aromatic N) is 2. The average Bonchev–Trinajstić information content (AvgIpc) is 2.45. The summed E-state index contributed by atoms with van der Waals surface area (Å²) in [6.07, 6.45) is 0.999. The van der Waals surface area contributed by atoms with Crippen LogP contribution in [-0.4, -0.2) is 60.4 Å². The Bertz CT molecular complexity index is 419. The van der Waals surface area contributed by atoms with E-state index in [-0.39, 0.29) is 5.69 Å². The SMILES string of the molecule is O=C(O)c1cccc(NCCCN2CCOCC2)n1. The summed E-state index contributed by atoms with van der Waals surface area (Å²) in [5.41, 5.74) is 0.0678. The molecule has 0 saturated carbocycles. The molecule has 0 amide bonds. The predicted octanol–water partition coefficient (Wildman–Crippen LogP) is 0.914. The van der Waals surface area contributed by atoms with Gasteiger partial charge in [-0.2, -0.15) is 0 Å². The summed E-state index contributed by atoms with van der Waals surface area (Å²) < 4.78 is 5.29. The summed E-state index contributed by atoms with van der Waals surface area (Å²) >= 11 is 0. The maximum Gasteiger partial charge on any atom is 0.354 e. The van der Waals surface area contributed by atoms with Crippen molar-refractivity contribution < 1.29 is 14.6 Å². The van der Waals surface area contributed by atoms with E-state index in [1.54, 1.807) is 12.1 Å². The number of rotatable bonds is 6. The summed E-state index contributed by atoms with van der Waals surface area (Å²) in [4.78, 5) is 17.2. The lowest BCUT2D eigenvalue weighted by Gasteiger charge is -2.26. The number of ether oxygens (including phenoxy) is 1. The second kappa shape index (κ2) is 7.06. The molecular formula is C13H19N3O3. The summed E-state index contributed by atoms with van der Waals surface area (Å²) in [6, 6.07) is 4.96. The van der Waals surface area contributed by atoms with Crippen LogP contribution in [-0.2, 0) is 4.74 Å². The zero-order valence-electron chi connectivity index (χ0n) is 10.8. The van der Waals surface area contributed by atoms with Gasteiger partial charge in [0, 0.05) is 19.6 Å². The Morgan fingerprint density at radius 3 is 2.95 bits per heavy atom. The minimum atomic E-state index is -1.00. The van der Waals surface area contributed by atoms with Crippen molar-refractivity contribution in [3.05, 3.63) is 23.9 Å². The maximum atomic E-state index is 10.8. The highest BCUT2D eigenvalue weighted by Gasteiger charge is 2.09. The van der Waals surface area contributed by atoms with Crippen LogP contribution in [0.1, 0.15) is 16.9 Å². The quantitative estimate of drug-likeness (QED) is 0.745. The van der Waals surface area contributed by atoms with Crippen LogP contribution in [0.4, 0.5) is 5.82 Å². The van der Waals surface area contributed by atoms with E-state index >= 15 is 0 Å². The fourth-order valence-electron chi connectivity index (χ4n) is 2.00. The lowest BCUT2D eigenvalue weighted by atomic mass is 10.3. The van der Waals surface area contributed by atoms with E-state index in [1.165, 1.54) is 6.07 Å². The van der Waals surface area contributed by atoms with Crippen molar-refractivity contribution in [3.8, 4) is 0 Å². The molecule has 1 aromatic heterocycles. The number of carboxylic acids is 1.